The Kier molecular flexibility index (Phi) is 11.0. The molecule has 69 heavy (non-hydrogen) atoms. The molecule has 0 amide bonds. The highest BCUT2D eigenvalue weighted by atomic mass is 16.5. The van der Waals surface area contributed by atoms with E-state index in [0.717, 1.165) is 73.0 Å². The minimum atomic E-state index is -0.0556. The van der Waals surface area contributed by atoms with Crippen LogP contribution in [0.4, 0.5) is 22.7 Å². The van der Waals surface area contributed by atoms with Gasteiger partial charge in [0.1, 0.15) is 17.3 Å². The zero-order chi connectivity index (χ0) is 48.6. The Morgan fingerprint density at radius 2 is 1.04 bits per heavy atom. The predicted octanol–water partition coefficient (Wildman–Crippen LogP) is 17.4. The number of para-hydroxylation sites is 1. The van der Waals surface area contributed by atoms with Gasteiger partial charge in [-0.15, -0.1) is 0 Å². The summed E-state index contributed by atoms with van der Waals surface area (Å²) in [6.07, 6.45) is 1.93. The number of nitrogens with zero attached hydrogens (tertiary/aromatic N) is 4. The van der Waals surface area contributed by atoms with Crippen LogP contribution in [0.3, 0.4) is 0 Å². The van der Waals surface area contributed by atoms with Gasteiger partial charge in [0.15, 0.2) is 0 Å². The summed E-state index contributed by atoms with van der Waals surface area (Å²) >= 11 is 0. The number of aromatic nitrogens is 2. The van der Waals surface area contributed by atoms with Crippen LogP contribution in [0.5, 0.6) is 11.5 Å². The van der Waals surface area contributed by atoms with Crippen LogP contribution in [0.15, 0.2) is 170 Å². The minimum Gasteiger partial charge on any atom is -0.457 e. The number of pyridine rings is 1. The van der Waals surface area contributed by atoms with Crippen LogP contribution in [0, 0.1) is 0 Å². The van der Waals surface area contributed by atoms with Gasteiger partial charge in [0, 0.05) is 47.3 Å². The molecule has 0 atom stereocenters. The average molecular weight is 905 g/mol. The summed E-state index contributed by atoms with van der Waals surface area (Å²) in [5.74, 6) is 2.35. The summed E-state index contributed by atoms with van der Waals surface area (Å²) in [4.78, 5) is 4.99. The van der Waals surface area contributed by atoms with Crippen LogP contribution >= 0.6 is 0 Å². The molecule has 1 aliphatic heterocycles. The first-order valence-corrected chi connectivity index (χ1v) is 24.4. The molecule has 1 aliphatic rings. The van der Waals surface area contributed by atoms with Gasteiger partial charge >= 0.3 is 11.7 Å². The molecule has 0 aliphatic carbocycles. The van der Waals surface area contributed by atoms with Crippen molar-refractivity contribution in [2.45, 2.75) is 105 Å². The van der Waals surface area contributed by atoms with Gasteiger partial charge in [-0.3, -0.25) is 4.57 Å². The first-order chi connectivity index (χ1) is 32.7. The number of hydrogen-bond donors (Lipinski definition) is 0. The summed E-state index contributed by atoms with van der Waals surface area (Å²) in [5, 5.41) is 2.30. The lowest BCUT2D eigenvalue weighted by Crippen LogP contribution is -2.17. The molecular formula is C64H64N4O+2. The normalized spacial score (nSPS) is 13.2. The molecule has 0 radical (unpaired) electrons. The summed E-state index contributed by atoms with van der Waals surface area (Å²) in [6, 6.07) is 63.1. The van der Waals surface area contributed by atoms with Gasteiger partial charge in [0.05, 0.1) is 22.7 Å². The van der Waals surface area contributed by atoms with Crippen molar-refractivity contribution in [3.05, 3.63) is 192 Å². The summed E-state index contributed by atoms with van der Waals surface area (Å²) in [5.41, 5.74) is 15.9. The van der Waals surface area contributed by atoms with Crippen LogP contribution in [0.2, 0.25) is 0 Å². The summed E-state index contributed by atoms with van der Waals surface area (Å²) < 4.78 is 13.7. The van der Waals surface area contributed by atoms with Crippen LogP contribution in [-0.2, 0) is 21.7 Å². The van der Waals surface area contributed by atoms with Crippen molar-refractivity contribution >= 4 is 50.6 Å². The molecule has 2 aromatic heterocycles. The summed E-state index contributed by atoms with van der Waals surface area (Å²) in [7, 11) is 0. The van der Waals surface area contributed by atoms with E-state index in [1.54, 1.807) is 0 Å². The molecule has 0 N–H and O–H groups in total. The minimum absolute atomic E-state index is 0.00223. The van der Waals surface area contributed by atoms with Gasteiger partial charge in [0.25, 0.3) is 5.69 Å². The van der Waals surface area contributed by atoms with Crippen molar-refractivity contribution in [2.24, 2.45) is 0 Å². The number of ether oxygens (including phenoxy) is 1. The van der Waals surface area contributed by atoms with Gasteiger partial charge in [-0.2, -0.15) is 0 Å². The topological polar surface area (TPSA) is 33.1 Å². The van der Waals surface area contributed by atoms with E-state index < -0.39 is 0 Å². The fraction of sp³-hybridized carbons (Fsp3) is 0.250. The largest absolute Gasteiger partial charge is 0.503 e. The van der Waals surface area contributed by atoms with Crippen LogP contribution in [0.25, 0.3) is 49.9 Å². The lowest BCUT2D eigenvalue weighted by molar-refractivity contribution is 0.483. The van der Waals surface area contributed by atoms with Gasteiger partial charge in [-0.1, -0.05) is 168 Å². The Morgan fingerprint density at radius 3 is 1.74 bits per heavy atom. The lowest BCUT2D eigenvalue weighted by atomic mass is 9.80. The van der Waals surface area contributed by atoms with E-state index in [4.69, 9.17) is 9.72 Å². The smallest absolute Gasteiger partial charge is 0.457 e. The molecule has 0 unspecified atom stereocenters. The molecule has 0 fully saturated rings. The Labute approximate surface area is 408 Å². The molecule has 5 nitrogen and oxygen atoms in total. The van der Waals surface area contributed by atoms with E-state index in [-0.39, 0.29) is 21.7 Å². The Morgan fingerprint density at radius 1 is 0.435 bits per heavy atom. The maximum absolute atomic E-state index is 6.89. The zero-order valence-corrected chi connectivity index (χ0v) is 42.4. The van der Waals surface area contributed by atoms with Gasteiger partial charge < -0.3 is 4.74 Å². The molecule has 9 aromatic rings. The molecule has 10 rings (SSSR count). The molecule has 0 saturated heterocycles. The van der Waals surface area contributed by atoms with Crippen molar-refractivity contribution in [1.29, 1.82) is 0 Å². The third-order valence-electron chi connectivity index (χ3n) is 13.6. The van der Waals surface area contributed by atoms with Crippen molar-refractivity contribution in [3.8, 4) is 39.6 Å². The highest BCUT2D eigenvalue weighted by Gasteiger charge is 2.40. The molecule has 344 valence electrons. The number of fused-ring (bicyclic) bond motifs is 4. The molecular weight excluding hydrogens is 841 g/mol. The number of hydrogen-bond acceptors (Lipinski definition) is 2. The number of rotatable bonds is 7. The third kappa shape index (κ3) is 8.73. The molecule has 0 bridgehead atoms. The fourth-order valence-electron chi connectivity index (χ4n) is 9.47. The lowest BCUT2D eigenvalue weighted by Gasteiger charge is -2.24. The van der Waals surface area contributed by atoms with E-state index in [1.807, 2.05) is 12.3 Å². The van der Waals surface area contributed by atoms with Gasteiger partial charge in [-0.05, 0) is 112 Å². The second-order valence-electron chi connectivity index (χ2n) is 22.9. The highest BCUT2D eigenvalue weighted by Crippen LogP contribution is 2.46. The zero-order valence-electron chi connectivity index (χ0n) is 42.4. The molecule has 3 heterocycles. The molecule has 0 saturated carbocycles. The fourth-order valence-corrected chi connectivity index (χ4v) is 9.47. The third-order valence-corrected chi connectivity index (χ3v) is 13.6. The second-order valence-corrected chi connectivity index (χ2v) is 22.9. The summed E-state index contributed by atoms with van der Waals surface area (Å²) in [6.45, 7) is 27.4. The van der Waals surface area contributed by atoms with E-state index in [2.05, 4.69) is 261 Å². The first-order valence-electron chi connectivity index (χ1n) is 24.4. The highest BCUT2D eigenvalue weighted by molar-refractivity contribution is 6.10. The molecule has 0 spiro atoms. The standard InChI is InChI=1S/C64H64N4O/c1-61(2,3)45-22-16-21-44(33-45)53-25-18-26-56-60(53)67(50-36-47(63(7,8)9)35-48(37-50)64(10,11)12)41-66(56)49-23-17-24-51(39-49)69-52-28-30-55-54-29-27-43(42-19-14-13-15-20-42)34-57(54)68(58(55)40-52)59-38-46(31-32-65-59)62(4,5)6/h13-40H,1-12H3/q+2. The van der Waals surface area contributed by atoms with Gasteiger partial charge in [0.2, 0.25) is 11.4 Å². The van der Waals surface area contributed by atoms with E-state index >= 15 is 0 Å². The van der Waals surface area contributed by atoms with Crippen LogP contribution < -0.4 is 13.9 Å². The van der Waals surface area contributed by atoms with Crippen LogP contribution in [0.1, 0.15) is 105 Å². The maximum Gasteiger partial charge on any atom is 0.503 e. The Bertz CT molecular complexity index is 3510. The van der Waals surface area contributed by atoms with Gasteiger partial charge in [-0.25, -0.2) is 4.98 Å². The monoisotopic (exact) mass is 905 g/mol. The van der Waals surface area contributed by atoms with E-state index in [1.165, 1.54) is 33.4 Å². The maximum atomic E-state index is 6.89. The van der Waals surface area contributed by atoms with Crippen molar-refractivity contribution in [1.82, 2.24) is 18.7 Å². The SMILES string of the molecule is CC(C)(C)c1cccc(-c2cccc3c2[N+](c2cc(C(C)(C)C)cc(C(C)(C)C)c2)=C=[N+]3c2cccc(Oc3ccc4c5ccc(-c6ccccc6)cc5n(-c5cc(C(C)(C)C)ccn5)c4c3)c2)c1. The first kappa shape index (κ1) is 45.5. The van der Waals surface area contributed by atoms with Crippen molar-refractivity contribution < 1.29 is 4.74 Å². The van der Waals surface area contributed by atoms with Crippen molar-refractivity contribution in [2.75, 3.05) is 0 Å². The van der Waals surface area contributed by atoms with E-state index in [0.29, 0.717) is 0 Å². The molecule has 7 aromatic carbocycles. The number of benzene rings is 7. The Balaban J connectivity index is 1.12. The molecule has 5 heteroatoms. The predicted molar refractivity (Wildman–Crippen MR) is 292 cm³/mol. The van der Waals surface area contributed by atoms with Crippen molar-refractivity contribution in [3.63, 3.8) is 0 Å². The Hall–Kier alpha value is -7.33. The quantitative estimate of drug-likeness (QED) is 0.149. The average Bonchev–Trinajstić information content (AvgIpc) is 3.87. The van der Waals surface area contributed by atoms with Crippen LogP contribution in [-0.4, -0.2) is 15.6 Å². The second kappa shape index (κ2) is 16.7. The van der Waals surface area contributed by atoms with E-state index in [9.17, 15) is 0 Å².